The first kappa shape index (κ1) is 24.1. The molecule has 0 saturated heterocycles. The first-order chi connectivity index (χ1) is 13.0. The molecule has 0 aromatic heterocycles. The van der Waals surface area contributed by atoms with E-state index in [-0.39, 0.29) is 11.5 Å². The van der Waals surface area contributed by atoms with Gasteiger partial charge in [0.1, 0.15) is 0 Å². The van der Waals surface area contributed by atoms with Crippen LogP contribution in [0, 0.1) is 0 Å². The van der Waals surface area contributed by atoms with E-state index in [1.807, 2.05) is 24.3 Å². The number of phenols is 2. The van der Waals surface area contributed by atoms with Crippen LogP contribution < -0.4 is 9.47 Å². The Balaban J connectivity index is 0.000000438. The van der Waals surface area contributed by atoms with E-state index in [4.69, 9.17) is 9.47 Å². The molecule has 27 heavy (non-hydrogen) atoms. The molecule has 0 atom stereocenters. The Hall–Kier alpha value is -2.92. The number of benzene rings is 2. The summed E-state index contributed by atoms with van der Waals surface area (Å²) in [5.74, 6) is 1.36. The summed E-state index contributed by atoms with van der Waals surface area (Å²) < 4.78 is 14.1. The van der Waals surface area contributed by atoms with Gasteiger partial charge in [0.05, 0.1) is 14.2 Å². The summed E-state index contributed by atoms with van der Waals surface area (Å²) in [6.45, 7) is 7.26. The molecule has 0 aliphatic rings. The van der Waals surface area contributed by atoms with Crippen LogP contribution in [-0.2, 0) is 17.6 Å². The van der Waals surface area contributed by atoms with Crippen molar-refractivity contribution in [1.82, 2.24) is 0 Å². The van der Waals surface area contributed by atoms with Gasteiger partial charge in [-0.25, -0.2) is 0 Å². The Morgan fingerprint density at radius 3 is 1.33 bits per heavy atom. The highest BCUT2D eigenvalue weighted by molar-refractivity contribution is 5.42. The number of hydrogen-bond acceptors (Lipinski definition) is 5. The molecule has 0 fully saturated rings. The molecule has 2 aromatic carbocycles. The lowest BCUT2D eigenvalue weighted by atomic mass is 10.1. The van der Waals surface area contributed by atoms with E-state index in [0.29, 0.717) is 11.5 Å². The number of methoxy groups -OCH3 is 3. The number of ether oxygens (including phenoxy) is 3. The topological polar surface area (TPSA) is 68.2 Å². The van der Waals surface area contributed by atoms with Crippen LogP contribution in [0.25, 0.3) is 0 Å². The average Bonchev–Trinajstić information content (AvgIpc) is 2.66. The van der Waals surface area contributed by atoms with Crippen molar-refractivity contribution in [3.8, 4) is 23.0 Å². The molecule has 0 heterocycles. The highest BCUT2D eigenvalue weighted by Gasteiger charge is 2.01. The zero-order chi connectivity index (χ0) is 20.7. The molecule has 0 amide bonds. The lowest BCUT2D eigenvalue weighted by molar-refractivity contribution is 0.277. The summed E-state index contributed by atoms with van der Waals surface area (Å²) in [4.78, 5) is 0. The number of hydrogen-bond donors (Lipinski definition) is 2. The molecule has 0 bridgehead atoms. The van der Waals surface area contributed by atoms with Gasteiger partial charge in [0, 0.05) is 14.2 Å². The van der Waals surface area contributed by atoms with E-state index in [0.717, 1.165) is 24.0 Å². The van der Waals surface area contributed by atoms with Crippen molar-refractivity contribution in [3.63, 3.8) is 0 Å². The normalized spacial score (nSPS) is 9.04. The second-order valence-corrected chi connectivity index (χ2v) is 5.41. The van der Waals surface area contributed by atoms with Crippen molar-refractivity contribution < 1.29 is 24.4 Å². The molecule has 0 radical (unpaired) electrons. The molecule has 2 N–H and O–H groups in total. The minimum atomic E-state index is 0.172. The highest BCUT2D eigenvalue weighted by atomic mass is 16.5. The molecular formula is C22H30O5. The predicted molar refractivity (Wildman–Crippen MR) is 110 cm³/mol. The van der Waals surface area contributed by atoms with Gasteiger partial charge in [0.2, 0.25) is 0 Å². The second-order valence-electron chi connectivity index (χ2n) is 5.41. The Morgan fingerprint density at radius 1 is 0.741 bits per heavy atom. The standard InChI is InChI=1S/2C10H12O2.C2H6O/c2*1-3-4-8-5-6-9(11)10(7-8)12-2;1-3-2/h2*3,5-7,11H,1,4H2,2H3;1-2H3. The van der Waals surface area contributed by atoms with Crippen molar-refractivity contribution in [2.45, 2.75) is 12.8 Å². The molecular weight excluding hydrogens is 344 g/mol. The van der Waals surface area contributed by atoms with E-state index in [1.54, 1.807) is 38.5 Å². The fourth-order valence-electron chi connectivity index (χ4n) is 2.03. The van der Waals surface area contributed by atoms with Gasteiger partial charge >= 0.3 is 0 Å². The van der Waals surface area contributed by atoms with Crippen LogP contribution in [0.3, 0.4) is 0 Å². The second kappa shape index (κ2) is 14.3. The summed E-state index contributed by atoms with van der Waals surface area (Å²) in [5.41, 5.74) is 2.17. The maximum absolute atomic E-state index is 9.25. The minimum absolute atomic E-state index is 0.172. The molecule has 0 spiro atoms. The predicted octanol–water partition coefficient (Wildman–Crippen LogP) is 4.52. The van der Waals surface area contributed by atoms with Gasteiger partial charge in [-0.15, -0.1) is 13.2 Å². The number of rotatable bonds is 6. The molecule has 0 saturated carbocycles. The number of aromatic hydroxyl groups is 2. The third kappa shape index (κ3) is 9.37. The Labute approximate surface area is 162 Å². The summed E-state index contributed by atoms with van der Waals surface area (Å²) in [5, 5.41) is 18.5. The van der Waals surface area contributed by atoms with Crippen molar-refractivity contribution in [2.75, 3.05) is 28.4 Å². The maximum atomic E-state index is 9.25. The van der Waals surface area contributed by atoms with Crippen molar-refractivity contribution in [3.05, 3.63) is 72.8 Å². The Bertz CT molecular complexity index is 636. The van der Waals surface area contributed by atoms with Crippen molar-refractivity contribution in [2.24, 2.45) is 0 Å². The van der Waals surface area contributed by atoms with E-state index in [2.05, 4.69) is 17.9 Å². The average molecular weight is 374 g/mol. The lowest BCUT2D eigenvalue weighted by Gasteiger charge is -2.04. The van der Waals surface area contributed by atoms with Crippen LogP contribution in [0.1, 0.15) is 11.1 Å². The van der Waals surface area contributed by atoms with Gasteiger partial charge in [-0.2, -0.15) is 0 Å². The smallest absolute Gasteiger partial charge is 0.160 e. The fraction of sp³-hybridized carbons (Fsp3) is 0.273. The molecule has 0 aliphatic carbocycles. The summed E-state index contributed by atoms with van der Waals surface area (Å²) >= 11 is 0. The van der Waals surface area contributed by atoms with Gasteiger partial charge in [0.25, 0.3) is 0 Å². The Morgan fingerprint density at radius 2 is 1.07 bits per heavy atom. The molecule has 148 valence electrons. The lowest BCUT2D eigenvalue weighted by Crippen LogP contribution is -1.86. The van der Waals surface area contributed by atoms with Gasteiger partial charge in [0.15, 0.2) is 23.0 Å². The maximum Gasteiger partial charge on any atom is 0.160 e. The van der Waals surface area contributed by atoms with Crippen LogP contribution >= 0.6 is 0 Å². The van der Waals surface area contributed by atoms with E-state index >= 15 is 0 Å². The molecule has 5 nitrogen and oxygen atoms in total. The molecule has 5 heteroatoms. The monoisotopic (exact) mass is 374 g/mol. The SMILES string of the molecule is C=CCc1ccc(O)c(OC)c1.C=CCc1ccc(O)c(OC)c1.COC. The van der Waals surface area contributed by atoms with Gasteiger partial charge in [-0.1, -0.05) is 24.3 Å². The largest absolute Gasteiger partial charge is 0.504 e. The summed E-state index contributed by atoms with van der Waals surface area (Å²) in [6.07, 6.45) is 5.20. The third-order valence-electron chi connectivity index (χ3n) is 3.25. The Kier molecular flexibility index (Phi) is 12.7. The van der Waals surface area contributed by atoms with Crippen LogP contribution in [0.5, 0.6) is 23.0 Å². The van der Waals surface area contributed by atoms with Gasteiger partial charge in [-0.3, -0.25) is 0 Å². The molecule has 0 unspecified atom stereocenters. The van der Waals surface area contributed by atoms with E-state index < -0.39 is 0 Å². The molecule has 0 aliphatic heterocycles. The molecule has 2 rings (SSSR count). The van der Waals surface area contributed by atoms with Crippen molar-refractivity contribution >= 4 is 0 Å². The quantitative estimate of drug-likeness (QED) is 0.728. The van der Waals surface area contributed by atoms with Gasteiger partial charge < -0.3 is 24.4 Å². The van der Waals surface area contributed by atoms with Crippen LogP contribution in [0.4, 0.5) is 0 Å². The number of allylic oxidation sites excluding steroid dienone is 2. The third-order valence-corrected chi connectivity index (χ3v) is 3.25. The first-order valence-electron chi connectivity index (χ1n) is 8.30. The van der Waals surface area contributed by atoms with E-state index in [9.17, 15) is 10.2 Å². The zero-order valence-corrected chi connectivity index (χ0v) is 16.6. The van der Waals surface area contributed by atoms with Gasteiger partial charge in [-0.05, 0) is 48.2 Å². The zero-order valence-electron chi connectivity index (χ0n) is 16.6. The van der Waals surface area contributed by atoms with Crippen molar-refractivity contribution in [1.29, 1.82) is 0 Å². The number of phenolic OH excluding ortho intramolecular Hbond substituents is 2. The first-order valence-corrected chi connectivity index (χ1v) is 8.30. The minimum Gasteiger partial charge on any atom is -0.504 e. The molecule has 2 aromatic rings. The van der Waals surface area contributed by atoms with Crippen LogP contribution in [0.15, 0.2) is 61.7 Å². The summed E-state index contributed by atoms with van der Waals surface area (Å²) in [6, 6.07) is 10.5. The van der Waals surface area contributed by atoms with Crippen LogP contribution in [0.2, 0.25) is 0 Å². The fourth-order valence-corrected chi connectivity index (χ4v) is 2.03. The highest BCUT2D eigenvalue weighted by Crippen LogP contribution is 2.27. The van der Waals surface area contributed by atoms with Crippen LogP contribution in [-0.4, -0.2) is 38.7 Å². The summed E-state index contributed by atoms with van der Waals surface area (Å²) in [7, 11) is 6.32. The van der Waals surface area contributed by atoms with E-state index in [1.165, 1.54) is 14.2 Å².